The number of nitrogens with zero attached hydrogens (tertiary/aromatic N) is 3. The Morgan fingerprint density at radius 2 is 1.91 bits per heavy atom. The molecule has 0 bridgehead atoms. The van der Waals surface area contributed by atoms with Gasteiger partial charge in [0.2, 0.25) is 0 Å². The van der Waals surface area contributed by atoms with Crippen molar-refractivity contribution in [3.63, 3.8) is 0 Å². The number of hydrogen-bond donors (Lipinski definition) is 1. The molecule has 120 valence electrons. The van der Waals surface area contributed by atoms with Gasteiger partial charge in [0.15, 0.2) is 0 Å². The van der Waals surface area contributed by atoms with Crippen LogP contribution >= 0.6 is 0 Å². The van der Waals surface area contributed by atoms with Gasteiger partial charge in [0, 0.05) is 25.5 Å². The minimum absolute atomic E-state index is 0.0615. The first kappa shape index (κ1) is 15.6. The van der Waals surface area contributed by atoms with E-state index in [9.17, 15) is 14.3 Å². The number of likely N-dealkylation sites (tertiary alicyclic amines) is 1. The Bertz CT molecular complexity index is 655. The van der Waals surface area contributed by atoms with E-state index in [1.54, 1.807) is 17.0 Å². The first-order valence-corrected chi connectivity index (χ1v) is 7.64. The van der Waals surface area contributed by atoms with Crippen molar-refractivity contribution in [3.8, 4) is 0 Å². The van der Waals surface area contributed by atoms with Gasteiger partial charge in [0.25, 0.3) is 5.91 Å². The molecule has 1 saturated heterocycles. The van der Waals surface area contributed by atoms with E-state index >= 15 is 0 Å². The predicted molar refractivity (Wildman–Crippen MR) is 82.0 cm³/mol. The molecule has 1 N–H and O–H groups in total. The third kappa shape index (κ3) is 3.53. The van der Waals surface area contributed by atoms with E-state index in [0.29, 0.717) is 37.2 Å². The smallest absolute Gasteiger partial charge is 0.274 e. The van der Waals surface area contributed by atoms with Gasteiger partial charge in [-0.25, -0.2) is 9.37 Å². The molecule has 6 heteroatoms. The fourth-order valence-electron chi connectivity index (χ4n) is 2.92. The van der Waals surface area contributed by atoms with Crippen molar-refractivity contribution < 1.29 is 14.3 Å². The Morgan fingerprint density at radius 1 is 1.22 bits per heavy atom. The van der Waals surface area contributed by atoms with E-state index in [1.165, 1.54) is 30.7 Å². The molecule has 0 aliphatic carbocycles. The third-order valence-electron chi connectivity index (χ3n) is 4.27. The summed E-state index contributed by atoms with van der Waals surface area (Å²) in [7, 11) is 0. The predicted octanol–water partition coefficient (Wildman–Crippen LogP) is 2.20. The van der Waals surface area contributed by atoms with Gasteiger partial charge in [-0.05, 0) is 36.5 Å². The minimum atomic E-state index is -0.635. The zero-order valence-electron chi connectivity index (χ0n) is 12.6. The molecular formula is C17H18FN3O2. The number of aliphatic hydroxyl groups excluding tert-OH is 1. The molecule has 1 amide bonds. The average Bonchev–Trinajstić information content (AvgIpc) is 2.62. The molecule has 1 aliphatic heterocycles. The van der Waals surface area contributed by atoms with Crippen molar-refractivity contribution in [1.82, 2.24) is 14.9 Å². The molecule has 23 heavy (non-hydrogen) atoms. The Balaban J connectivity index is 1.60. The van der Waals surface area contributed by atoms with Gasteiger partial charge in [0.1, 0.15) is 11.5 Å². The highest BCUT2D eigenvalue weighted by Gasteiger charge is 2.29. The summed E-state index contributed by atoms with van der Waals surface area (Å²) < 4.78 is 13.0. The number of halogens is 1. The largest absolute Gasteiger partial charge is 0.388 e. The second-order valence-corrected chi connectivity index (χ2v) is 5.72. The van der Waals surface area contributed by atoms with Gasteiger partial charge in [-0.1, -0.05) is 12.1 Å². The van der Waals surface area contributed by atoms with Crippen LogP contribution in [-0.4, -0.2) is 39.0 Å². The van der Waals surface area contributed by atoms with Crippen molar-refractivity contribution >= 4 is 5.91 Å². The molecule has 1 aromatic carbocycles. The number of carbonyl (C=O) groups excluding carboxylic acids is 1. The molecule has 5 nitrogen and oxygen atoms in total. The molecule has 2 aromatic rings. The fourth-order valence-corrected chi connectivity index (χ4v) is 2.92. The second-order valence-electron chi connectivity index (χ2n) is 5.72. The number of benzene rings is 1. The summed E-state index contributed by atoms with van der Waals surface area (Å²) in [5, 5.41) is 10.4. The molecular weight excluding hydrogens is 297 g/mol. The highest BCUT2D eigenvalue weighted by molar-refractivity contribution is 5.92. The van der Waals surface area contributed by atoms with Crippen LogP contribution in [0.3, 0.4) is 0 Å². The fraction of sp³-hybridized carbons (Fsp3) is 0.353. The summed E-state index contributed by atoms with van der Waals surface area (Å²) in [4.78, 5) is 22.0. The molecule has 1 atom stereocenters. The lowest BCUT2D eigenvalue weighted by Crippen LogP contribution is -2.40. The van der Waals surface area contributed by atoms with E-state index in [0.717, 1.165) is 0 Å². The van der Waals surface area contributed by atoms with Crippen LogP contribution in [0.5, 0.6) is 0 Å². The van der Waals surface area contributed by atoms with Crippen molar-refractivity contribution in [2.75, 3.05) is 13.1 Å². The van der Waals surface area contributed by atoms with Gasteiger partial charge >= 0.3 is 0 Å². The van der Waals surface area contributed by atoms with Crippen LogP contribution in [0.1, 0.15) is 35.0 Å². The lowest BCUT2D eigenvalue weighted by molar-refractivity contribution is 0.0458. The molecule has 2 heterocycles. The zero-order chi connectivity index (χ0) is 16.2. The second kappa shape index (κ2) is 6.83. The van der Waals surface area contributed by atoms with E-state index < -0.39 is 6.10 Å². The summed E-state index contributed by atoms with van der Waals surface area (Å²) >= 11 is 0. The van der Waals surface area contributed by atoms with E-state index in [1.807, 2.05) is 0 Å². The van der Waals surface area contributed by atoms with Crippen LogP contribution in [-0.2, 0) is 0 Å². The Labute approximate surface area is 133 Å². The van der Waals surface area contributed by atoms with Crippen molar-refractivity contribution in [2.45, 2.75) is 18.9 Å². The summed E-state index contributed by atoms with van der Waals surface area (Å²) in [5.74, 6) is -0.385. The highest BCUT2D eigenvalue weighted by atomic mass is 19.1. The number of amides is 1. The number of aromatic nitrogens is 2. The van der Waals surface area contributed by atoms with Crippen LogP contribution in [0.15, 0.2) is 42.9 Å². The first-order valence-electron chi connectivity index (χ1n) is 7.64. The topological polar surface area (TPSA) is 66.3 Å². The van der Waals surface area contributed by atoms with Gasteiger partial charge in [-0.2, -0.15) is 0 Å². The molecule has 1 aromatic heterocycles. The molecule has 1 unspecified atom stereocenters. The quantitative estimate of drug-likeness (QED) is 0.943. The first-order chi connectivity index (χ1) is 11.1. The van der Waals surface area contributed by atoms with E-state index in [-0.39, 0.29) is 17.6 Å². The lowest BCUT2D eigenvalue weighted by atomic mass is 9.87. The molecule has 1 fully saturated rings. The third-order valence-corrected chi connectivity index (χ3v) is 4.27. The molecule has 1 aliphatic rings. The molecule has 0 saturated carbocycles. The molecule has 0 radical (unpaired) electrons. The van der Waals surface area contributed by atoms with Crippen molar-refractivity contribution in [1.29, 1.82) is 0 Å². The van der Waals surface area contributed by atoms with Crippen LogP contribution < -0.4 is 0 Å². The molecule has 3 rings (SSSR count). The Morgan fingerprint density at radius 3 is 2.52 bits per heavy atom. The van der Waals surface area contributed by atoms with Gasteiger partial charge < -0.3 is 10.0 Å². The zero-order valence-corrected chi connectivity index (χ0v) is 12.6. The highest BCUT2D eigenvalue weighted by Crippen LogP contribution is 2.31. The minimum Gasteiger partial charge on any atom is -0.388 e. The van der Waals surface area contributed by atoms with Gasteiger partial charge in [0.05, 0.1) is 12.3 Å². The summed E-state index contributed by atoms with van der Waals surface area (Å²) in [6.07, 6.45) is 5.25. The van der Waals surface area contributed by atoms with Crippen LogP contribution in [0.2, 0.25) is 0 Å². The Kier molecular flexibility index (Phi) is 4.62. The maximum atomic E-state index is 13.0. The maximum absolute atomic E-state index is 13.0. The van der Waals surface area contributed by atoms with E-state index in [2.05, 4.69) is 9.97 Å². The number of hydrogen-bond acceptors (Lipinski definition) is 4. The Hall–Kier alpha value is -2.34. The summed E-state index contributed by atoms with van der Waals surface area (Å²) in [6, 6.07) is 5.92. The van der Waals surface area contributed by atoms with Crippen LogP contribution in [0, 0.1) is 11.7 Å². The number of rotatable bonds is 3. The summed E-state index contributed by atoms with van der Waals surface area (Å²) in [6.45, 7) is 1.14. The van der Waals surface area contributed by atoms with Gasteiger partial charge in [-0.15, -0.1) is 0 Å². The number of carbonyl (C=O) groups is 1. The van der Waals surface area contributed by atoms with Crippen molar-refractivity contribution in [2.24, 2.45) is 5.92 Å². The number of aliphatic hydroxyl groups is 1. The maximum Gasteiger partial charge on any atom is 0.274 e. The number of piperidine rings is 1. The van der Waals surface area contributed by atoms with Crippen LogP contribution in [0.25, 0.3) is 0 Å². The van der Waals surface area contributed by atoms with Crippen molar-refractivity contribution in [3.05, 3.63) is 59.9 Å². The molecule has 0 spiro atoms. The summed E-state index contributed by atoms with van der Waals surface area (Å²) in [5.41, 5.74) is 1.05. The van der Waals surface area contributed by atoms with Crippen LogP contribution in [0.4, 0.5) is 4.39 Å². The van der Waals surface area contributed by atoms with E-state index in [4.69, 9.17) is 0 Å². The standard InChI is InChI=1S/C17H18FN3O2/c18-14-3-1-12(2-4-14)16(22)13-5-9-21(10-6-13)17(23)15-11-19-7-8-20-15/h1-4,7-8,11,13,16,22H,5-6,9-10H2. The van der Waals surface area contributed by atoms with Gasteiger partial charge in [-0.3, -0.25) is 9.78 Å². The lowest BCUT2D eigenvalue weighted by Gasteiger charge is -2.34. The monoisotopic (exact) mass is 315 g/mol. The average molecular weight is 315 g/mol. The normalized spacial score (nSPS) is 17.0. The SMILES string of the molecule is O=C(c1cnccn1)N1CCC(C(O)c2ccc(F)cc2)CC1.